The van der Waals surface area contributed by atoms with Crippen LogP contribution in [0.5, 0.6) is 0 Å². The lowest BCUT2D eigenvalue weighted by Gasteiger charge is -2.61. The van der Waals surface area contributed by atoms with E-state index in [1.165, 1.54) is 99.2 Å². The molecule has 1 spiro atoms. The van der Waals surface area contributed by atoms with Crippen LogP contribution in [-0.2, 0) is 16.2 Å². The molecular formula is C53H51N. The van der Waals surface area contributed by atoms with Crippen molar-refractivity contribution < 1.29 is 0 Å². The van der Waals surface area contributed by atoms with Crippen molar-refractivity contribution in [1.82, 2.24) is 0 Å². The van der Waals surface area contributed by atoms with Gasteiger partial charge in [-0.25, -0.2) is 0 Å². The highest BCUT2D eigenvalue weighted by Gasteiger charge is 2.61. The summed E-state index contributed by atoms with van der Waals surface area (Å²) in [4.78, 5) is 2.60. The molecule has 4 fully saturated rings. The quantitative estimate of drug-likeness (QED) is 0.177. The van der Waals surface area contributed by atoms with Gasteiger partial charge < -0.3 is 4.90 Å². The fourth-order valence-electron chi connectivity index (χ4n) is 12.6. The summed E-state index contributed by atoms with van der Waals surface area (Å²) >= 11 is 0. The normalized spacial score (nSPS) is 25.0. The minimum Gasteiger partial charge on any atom is -0.310 e. The predicted molar refractivity (Wildman–Crippen MR) is 226 cm³/mol. The number of para-hydroxylation sites is 1. The van der Waals surface area contributed by atoms with E-state index in [1.54, 1.807) is 11.1 Å². The molecule has 0 atom stereocenters. The molecule has 1 nitrogen and oxygen atoms in total. The van der Waals surface area contributed by atoms with Crippen molar-refractivity contribution in [1.29, 1.82) is 0 Å². The van der Waals surface area contributed by atoms with Crippen LogP contribution in [0.4, 0.5) is 17.1 Å². The van der Waals surface area contributed by atoms with Gasteiger partial charge in [0.05, 0.1) is 5.69 Å². The van der Waals surface area contributed by atoms with Gasteiger partial charge in [0.1, 0.15) is 0 Å². The van der Waals surface area contributed by atoms with Crippen LogP contribution in [0.1, 0.15) is 94.5 Å². The molecule has 0 unspecified atom stereocenters. The van der Waals surface area contributed by atoms with E-state index in [0.29, 0.717) is 0 Å². The van der Waals surface area contributed by atoms with Gasteiger partial charge in [0.2, 0.25) is 0 Å². The fourth-order valence-corrected chi connectivity index (χ4v) is 12.6. The standard InChI is InChI=1S/C53H51N/c1-51(2,3)36-20-18-35(19-21-36)41-12-8-11-17-50(41)54(39-22-24-44-42-13-6-9-15-46(42)52(4,5)48(44)31-39)40-23-25-45-43-14-7-10-16-47(43)53(49(45)32-40)37-27-33-26-34(29-37)30-38(53)28-33/h6-25,31-34,37-38H,26-30H2,1-5H3. The van der Waals surface area contributed by atoms with Gasteiger partial charge in [-0.2, -0.15) is 0 Å². The Morgan fingerprint density at radius 2 is 0.981 bits per heavy atom. The first-order valence-corrected chi connectivity index (χ1v) is 20.6. The monoisotopic (exact) mass is 701 g/mol. The lowest BCUT2D eigenvalue weighted by Crippen LogP contribution is -2.55. The molecule has 0 amide bonds. The molecule has 12 rings (SSSR count). The average molecular weight is 702 g/mol. The van der Waals surface area contributed by atoms with Gasteiger partial charge in [-0.1, -0.05) is 138 Å². The first-order valence-electron chi connectivity index (χ1n) is 20.6. The van der Waals surface area contributed by atoms with Gasteiger partial charge >= 0.3 is 0 Å². The maximum absolute atomic E-state index is 2.66. The molecule has 6 aromatic carbocycles. The highest BCUT2D eigenvalue weighted by molar-refractivity contribution is 5.92. The summed E-state index contributed by atoms with van der Waals surface area (Å²) in [5.74, 6) is 3.30. The third-order valence-electron chi connectivity index (χ3n) is 14.8. The smallest absolute Gasteiger partial charge is 0.0540 e. The Labute approximate surface area is 322 Å². The Morgan fingerprint density at radius 3 is 1.61 bits per heavy atom. The Hall–Kier alpha value is -4.88. The topological polar surface area (TPSA) is 3.24 Å². The molecule has 6 aliphatic carbocycles. The molecule has 0 saturated heterocycles. The van der Waals surface area contributed by atoms with Gasteiger partial charge in [0, 0.05) is 27.8 Å². The van der Waals surface area contributed by atoms with Crippen molar-refractivity contribution in [3.8, 4) is 33.4 Å². The van der Waals surface area contributed by atoms with Crippen LogP contribution in [0.15, 0.2) is 133 Å². The predicted octanol–water partition coefficient (Wildman–Crippen LogP) is 14.1. The van der Waals surface area contributed by atoms with Gasteiger partial charge in [0.25, 0.3) is 0 Å². The van der Waals surface area contributed by atoms with Crippen LogP contribution in [-0.4, -0.2) is 0 Å². The second-order valence-electron chi connectivity index (χ2n) is 19.0. The lowest BCUT2D eigenvalue weighted by atomic mass is 9.43. The number of hydrogen-bond acceptors (Lipinski definition) is 1. The molecule has 0 heterocycles. The van der Waals surface area contributed by atoms with Crippen molar-refractivity contribution in [2.24, 2.45) is 23.7 Å². The third kappa shape index (κ3) is 4.45. The van der Waals surface area contributed by atoms with Crippen molar-refractivity contribution in [3.05, 3.63) is 161 Å². The maximum atomic E-state index is 2.66. The summed E-state index contributed by atoms with van der Waals surface area (Å²) < 4.78 is 0. The van der Waals surface area contributed by atoms with E-state index in [9.17, 15) is 0 Å². The largest absolute Gasteiger partial charge is 0.310 e. The third-order valence-corrected chi connectivity index (χ3v) is 14.8. The van der Waals surface area contributed by atoms with E-state index in [-0.39, 0.29) is 16.2 Å². The minimum atomic E-state index is -0.0834. The molecule has 54 heavy (non-hydrogen) atoms. The maximum Gasteiger partial charge on any atom is 0.0540 e. The molecule has 0 N–H and O–H groups in total. The van der Waals surface area contributed by atoms with Gasteiger partial charge in [-0.3, -0.25) is 0 Å². The summed E-state index contributed by atoms with van der Waals surface area (Å²) in [5, 5.41) is 0. The molecule has 4 bridgehead atoms. The Bertz CT molecular complexity index is 2440. The molecule has 6 aliphatic rings. The summed E-state index contributed by atoms with van der Waals surface area (Å²) in [5.41, 5.74) is 19.5. The second kappa shape index (κ2) is 11.3. The number of benzene rings is 6. The summed E-state index contributed by atoms with van der Waals surface area (Å²) in [6.07, 6.45) is 7.04. The number of rotatable bonds is 4. The second-order valence-corrected chi connectivity index (χ2v) is 19.0. The Balaban J connectivity index is 1.13. The molecular weight excluding hydrogens is 651 g/mol. The molecule has 0 aromatic heterocycles. The van der Waals surface area contributed by atoms with Gasteiger partial charge in [-0.15, -0.1) is 0 Å². The summed E-state index contributed by atoms with van der Waals surface area (Å²) in [7, 11) is 0. The molecule has 0 radical (unpaired) electrons. The van der Waals surface area contributed by atoms with E-state index < -0.39 is 0 Å². The van der Waals surface area contributed by atoms with E-state index in [0.717, 1.165) is 23.7 Å². The molecule has 0 aliphatic heterocycles. The summed E-state index contributed by atoms with van der Waals surface area (Å²) in [6, 6.07) is 51.8. The zero-order chi connectivity index (χ0) is 36.6. The van der Waals surface area contributed by atoms with Crippen LogP contribution in [0.3, 0.4) is 0 Å². The fraction of sp³-hybridized carbons (Fsp3) is 0.321. The van der Waals surface area contributed by atoms with Gasteiger partial charge in [-0.05, 0) is 147 Å². The van der Waals surface area contributed by atoms with Crippen molar-refractivity contribution >= 4 is 17.1 Å². The van der Waals surface area contributed by atoms with Gasteiger partial charge in [0.15, 0.2) is 0 Å². The molecule has 268 valence electrons. The number of hydrogen-bond donors (Lipinski definition) is 0. The van der Waals surface area contributed by atoms with E-state index in [1.807, 2.05) is 0 Å². The highest BCUT2D eigenvalue weighted by atomic mass is 15.1. The van der Waals surface area contributed by atoms with E-state index in [2.05, 4.69) is 173 Å². The van der Waals surface area contributed by atoms with Crippen LogP contribution in [0, 0.1) is 23.7 Å². The van der Waals surface area contributed by atoms with Crippen molar-refractivity contribution in [2.75, 3.05) is 4.90 Å². The van der Waals surface area contributed by atoms with Crippen LogP contribution in [0.25, 0.3) is 33.4 Å². The van der Waals surface area contributed by atoms with E-state index in [4.69, 9.17) is 0 Å². The molecule has 4 saturated carbocycles. The Morgan fingerprint density at radius 1 is 0.481 bits per heavy atom. The average Bonchev–Trinajstić information content (AvgIpc) is 3.59. The van der Waals surface area contributed by atoms with Crippen LogP contribution < -0.4 is 4.90 Å². The highest BCUT2D eigenvalue weighted by Crippen LogP contribution is 2.69. The Kier molecular flexibility index (Phi) is 6.83. The number of nitrogens with zero attached hydrogens (tertiary/aromatic N) is 1. The molecule has 1 heteroatoms. The zero-order valence-electron chi connectivity index (χ0n) is 32.5. The summed E-state index contributed by atoms with van der Waals surface area (Å²) in [6.45, 7) is 11.7. The SMILES string of the molecule is CC(C)(C)c1ccc(-c2ccccc2N(c2ccc3c(c2)C(C)(C)c2ccccc2-3)c2ccc3c(c2)C2(c4ccccc4-3)C3CC4CC(C3)CC2C4)cc1. The lowest BCUT2D eigenvalue weighted by molar-refractivity contribution is -0.0399. The van der Waals surface area contributed by atoms with Crippen LogP contribution >= 0.6 is 0 Å². The minimum absolute atomic E-state index is 0.0834. The first kappa shape index (κ1) is 32.5. The first-order chi connectivity index (χ1) is 26.1. The number of fused-ring (bicyclic) bond motifs is 6. The van der Waals surface area contributed by atoms with E-state index >= 15 is 0 Å². The zero-order valence-corrected chi connectivity index (χ0v) is 32.5. The van der Waals surface area contributed by atoms with Crippen molar-refractivity contribution in [2.45, 2.75) is 83.0 Å². The number of anilines is 3. The van der Waals surface area contributed by atoms with Crippen LogP contribution in [0.2, 0.25) is 0 Å². The molecule has 6 aromatic rings. The van der Waals surface area contributed by atoms with Crippen molar-refractivity contribution in [3.63, 3.8) is 0 Å².